The van der Waals surface area contributed by atoms with Crippen LogP contribution in [0.25, 0.3) is 0 Å². The molecule has 0 aliphatic carbocycles. The number of methoxy groups -OCH3 is 1. The molecule has 0 aromatic heterocycles. The number of nitrogens with zero attached hydrogens (tertiary/aromatic N) is 2. The van der Waals surface area contributed by atoms with E-state index in [2.05, 4.69) is 41.3 Å². The minimum atomic E-state index is -2.74. The number of anilines is 1. The highest BCUT2D eigenvalue weighted by atomic mass is 16.5. The molecule has 12 heteroatoms. The molecular weight excluding hydrogens is 548 g/mol. The number of aliphatic carboxylic acids is 3. The molecule has 12 nitrogen and oxygen atoms in total. The summed E-state index contributed by atoms with van der Waals surface area (Å²) in [5.41, 5.74) is 0.796. The van der Waals surface area contributed by atoms with Gasteiger partial charge in [-0.2, -0.15) is 0 Å². The lowest BCUT2D eigenvalue weighted by atomic mass is 9.96. The molecule has 1 unspecified atom stereocenters. The van der Waals surface area contributed by atoms with E-state index in [9.17, 15) is 19.2 Å². The lowest BCUT2D eigenvalue weighted by Gasteiger charge is -2.26. The Hall–Kier alpha value is -4.00. The van der Waals surface area contributed by atoms with Gasteiger partial charge in [0, 0.05) is 44.9 Å². The number of rotatable bonds is 13. The molecule has 2 aromatic rings. The van der Waals surface area contributed by atoms with E-state index in [1.807, 2.05) is 17.0 Å². The van der Waals surface area contributed by atoms with Crippen LogP contribution < -0.4 is 9.64 Å². The van der Waals surface area contributed by atoms with Crippen molar-refractivity contribution in [2.75, 3.05) is 31.7 Å². The first kappa shape index (κ1) is 32.5. The van der Waals surface area contributed by atoms with E-state index in [0.717, 1.165) is 63.5 Å². The summed E-state index contributed by atoms with van der Waals surface area (Å²) in [7, 11) is 1.69. The number of hydrogen-bond acceptors (Lipinski definition) is 8. The number of carboxylic acid groups (broad SMARTS) is 3. The zero-order valence-electron chi connectivity index (χ0n) is 23.6. The molecule has 2 aliphatic rings. The fourth-order valence-electron chi connectivity index (χ4n) is 4.93. The Morgan fingerprint density at radius 3 is 1.95 bits per heavy atom. The summed E-state index contributed by atoms with van der Waals surface area (Å²) in [6.45, 7) is 4.37. The van der Waals surface area contributed by atoms with Crippen molar-refractivity contribution in [1.82, 2.24) is 4.90 Å². The highest BCUT2D eigenvalue weighted by Gasteiger charge is 2.40. The van der Waals surface area contributed by atoms with E-state index in [4.69, 9.17) is 29.9 Å². The largest absolute Gasteiger partial charge is 0.497 e. The topological polar surface area (TPSA) is 174 Å². The molecule has 2 aliphatic heterocycles. The highest BCUT2D eigenvalue weighted by Crippen LogP contribution is 2.23. The van der Waals surface area contributed by atoms with Crippen molar-refractivity contribution in [2.45, 2.75) is 63.3 Å². The van der Waals surface area contributed by atoms with Crippen LogP contribution in [-0.4, -0.2) is 87.7 Å². The van der Waals surface area contributed by atoms with E-state index >= 15 is 0 Å². The standard InChI is InChI=1S/C24H30N2O3.C6H8O7/c1-28-22-12-8-20(9-13-22)17-25(18-23-4-3-15-29-23)16-19-6-10-21(11-7-19)26-14-2-5-24(26)27;7-3(8)1-6(13,5(11)12)2-4(9)10/h6-13,23H,2-5,14-18H2,1H3;13H,1-2H2,(H,7,8)(H,9,10)(H,11,12). The minimum absolute atomic E-state index is 0.234. The van der Waals surface area contributed by atoms with Crippen LogP contribution in [0.3, 0.4) is 0 Å². The van der Waals surface area contributed by atoms with Gasteiger partial charge in [-0.3, -0.25) is 19.3 Å². The molecule has 42 heavy (non-hydrogen) atoms. The van der Waals surface area contributed by atoms with Crippen molar-refractivity contribution in [2.24, 2.45) is 0 Å². The zero-order valence-corrected chi connectivity index (χ0v) is 23.6. The first-order valence-electron chi connectivity index (χ1n) is 13.7. The first-order chi connectivity index (χ1) is 20.0. The molecule has 0 radical (unpaired) electrons. The summed E-state index contributed by atoms with van der Waals surface area (Å²) in [6, 6.07) is 16.7. The van der Waals surface area contributed by atoms with Gasteiger partial charge in [0.2, 0.25) is 5.91 Å². The second kappa shape index (κ2) is 15.3. The van der Waals surface area contributed by atoms with E-state index in [-0.39, 0.29) is 5.91 Å². The number of carbonyl (C=O) groups is 4. The second-order valence-electron chi connectivity index (χ2n) is 10.4. The molecule has 1 atom stereocenters. The second-order valence-corrected chi connectivity index (χ2v) is 10.4. The third kappa shape index (κ3) is 9.82. The molecule has 228 valence electrons. The lowest BCUT2D eigenvalue weighted by Crippen LogP contribution is -2.42. The number of aliphatic hydroxyl groups is 1. The molecule has 2 aromatic carbocycles. The van der Waals surface area contributed by atoms with Gasteiger partial charge < -0.3 is 34.8 Å². The fourth-order valence-corrected chi connectivity index (χ4v) is 4.93. The monoisotopic (exact) mass is 586 g/mol. The normalized spacial score (nSPS) is 16.7. The van der Waals surface area contributed by atoms with E-state index in [0.29, 0.717) is 12.5 Å². The number of hydrogen-bond donors (Lipinski definition) is 4. The lowest BCUT2D eigenvalue weighted by molar-refractivity contribution is -0.170. The average Bonchev–Trinajstić information content (AvgIpc) is 3.60. The predicted molar refractivity (Wildman–Crippen MR) is 151 cm³/mol. The number of amides is 1. The first-order valence-corrected chi connectivity index (χ1v) is 13.7. The van der Waals surface area contributed by atoms with Gasteiger partial charge in [-0.1, -0.05) is 24.3 Å². The Morgan fingerprint density at radius 2 is 1.52 bits per heavy atom. The molecule has 0 spiro atoms. The van der Waals surface area contributed by atoms with Gasteiger partial charge in [0.05, 0.1) is 26.1 Å². The maximum atomic E-state index is 12.0. The van der Waals surface area contributed by atoms with E-state index < -0.39 is 36.4 Å². The number of carbonyl (C=O) groups excluding carboxylic acids is 1. The van der Waals surface area contributed by atoms with E-state index in [1.54, 1.807) is 7.11 Å². The third-order valence-corrected chi connectivity index (χ3v) is 7.06. The molecule has 0 bridgehead atoms. The molecule has 1 amide bonds. The predicted octanol–water partition coefficient (Wildman–Crippen LogP) is 2.75. The summed E-state index contributed by atoms with van der Waals surface area (Å²) in [4.78, 5) is 46.8. The minimum Gasteiger partial charge on any atom is -0.497 e. The van der Waals surface area contributed by atoms with Crippen molar-refractivity contribution in [3.8, 4) is 5.75 Å². The maximum absolute atomic E-state index is 12.0. The molecule has 2 fully saturated rings. The van der Waals surface area contributed by atoms with Crippen LogP contribution in [0.2, 0.25) is 0 Å². The number of benzene rings is 2. The summed E-state index contributed by atoms with van der Waals surface area (Å²) >= 11 is 0. The van der Waals surface area contributed by atoms with Crippen LogP contribution >= 0.6 is 0 Å². The number of carboxylic acids is 3. The summed E-state index contributed by atoms with van der Waals surface area (Å²) < 4.78 is 11.2. The van der Waals surface area contributed by atoms with Crippen molar-refractivity contribution in [1.29, 1.82) is 0 Å². The Kier molecular flexibility index (Phi) is 11.8. The third-order valence-electron chi connectivity index (χ3n) is 7.06. The van der Waals surface area contributed by atoms with Crippen LogP contribution in [0.15, 0.2) is 48.5 Å². The smallest absolute Gasteiger partial charge is 0.336 e. The zero-order chi connectivity index (χ0) is 30.7. The van der Waals surface area contributed by atoms with Gasteiger partial charge in [0.25, 0.3) is 0 Å². The average molecular weight is 587 g/mol. The fraction of sp³-hybridized carbons (Fsp3) is 0.467. The highest BCUT2D eigenvalue weighted by molar-refractivity contribution is 5.95. The molecule has 4 N–H and O–H groups in total. The van der Waals surface area contributed by atoms with Crippen LogP contribution in [0.1, 0.15) is 49.7 Å². The van der Waals surface area contributed by atoms with Gasteiger partial charge >= 0.3 is 17.9 Å². The van der Waals surface area contributed by atoms with Crippen LogP contribution in [0.4, 0.5) is 5.69 Å². The summed E-state index contributed by atoms with van der Waals surface area (Å²) in [5, 5.41) is 33.8. The SMILES string of the molecule is COc1ccc(CN(Cc2ccc(N3CCCC3=O)cc2)CC2CCCO2)cc1.O=C(O)CC(O)(CC(=O)O)C(=O)O. The van der Waals surface area contributed by atoms with E-state index in [1.165, 1.54) is 11.1 Å². The molecule has 0 saturated carbocycles. The summed E-state index contributed by atoms with van der Waals surface area (Å²) in [5.74, 6) is -3.90. The Morgan fingerprint density at radius 1 is 0.952 bits per heavy atom. The van der Waals surface area contributed by atoms with Crippen molar-refractivity contribution >= 4 is 29.5 Å². The van der Waals surface area contributed by atoms with Gasteiger partial charge in [-0.05, 0) is 54.7 Å². The van der Waals surface area contributed by atoms with Gasteiger partial charge in [-0.25, -0.2) is 4.79 Å². The van der Waals surface area contributed by atoms with Crippen molar-refractivity contribution < 1.29 is 49.1 Å². The van der Waals surface area contributed by atoms with Crippen LogP contribution in [0.5, 0.6) is 5.75 Å². The van der Waals surface area contributed by atoms with Crippen molar-refractivity contribution in [3.05, 3.63) is 59.7 Å². The molecule has 2 saturated heterocycles. The maximum Gasteiger partial charge on any atom is 0.336 e. The summed E-state index contributed by atoms with van der Waals surface area (Å²) in [6.07, 6.45) is 1.93. The quantitative estimate of drug-likeness (QED) is 0.272. The Balaban J connectivity index is 0.000000316. The molecule has 2 heterocycles. The van der Waals surface area contributed by atoms with Gasteiger partial charge in [0.1, 0.15) is 5.75 Å². The molecular formula is C30H38N2O10. The Bertz CT molecular complexity index is 1190. The van der Waals surface area contributed by atoms with Crippen LogP contribution in [0, 0.1) is 0 Å². The van der Waals surface area contributed by atoms with Gasteiger partial charge in [0.15, 0.2) is 5.60 Å². The van der Waals surface area contributed by atoms with Gasteiger partial charge in [-0.15, -0.1) is 0 Å². The van der Waals surface area contributed by atoms with Crippen LogP contribution in [-0.2, 0) is 37.0 Å². The number of ether oxygens (including phenoxy) is 2. The molecule has 4 rings (SSSR count). The van der Waals surface area contributed by atoms with Crippen molar-refractivity contribution in [3.63, 3.8) is 0 Å². The Labute approximate surface area is 244 Å².